The van der Waals surface area contributed by atoms with Crippen molar-refractivity contribution < 1.29 is 4.39 Å². The Kier molecular flexibility index (Phi) is 5.08. The number of fused-ring (bicyclic) bond motifs is 1. The van der Waals surface area contributed by atoms with Gasteiger partial charge in [-0.05, 0) is 67.7 Å². The number of anilines is 3. The molecular weight excluding hydrogens is 399 g/mol. The summed E-state index contributed by atoms with van der Waals surface area (Å²) in [5.74, 6) is 1.09. The van der Waals surface area contributed by atoms with Crippen molar-refractivity contribution in [2.75, 3.05) is 10.6 Å². The minimum Gasteiger partial charge on any atom is -0.365 e. The molecule has 6 nitrogen and oxygen atoms in total. The second-order valence-corrected chi connectivity index (χ2v) is 8.53. The van der Waals surface area contributed by atoms with Crippen LogP contribution in [0.25, 0.3) is 16.7 Å². The number of nitrogens with one attached hydrogen (secondary N) is 2. The Bertz CT molecular complexity index is 1160. The highest BCUT2D eigenvalue weighted by atomic mass is 32.1. The first-order chi connectivity index (χ1) is 14.7. The van der Waals surface area contributed by atoms with Crippen LogP contribution in [0.15, 0.2) is 42.6 Å². The lowest BCUT2D eigenvalue weighted by Gasteiger charge is -2.24. The lowest BCUT2D eigenvalue weighted by molar-refractivity contribution is 0.462. The molecule has 1 fully saturated rings. The van der Waals surface area contributed by atoms with Crippen molar-refractivity contribution in [3.63, 3.8) is 0 Å². The highest BCUT2D eigenvalue weighted by Gasteiger charge is 2.19. The summed E-state index contributed by atoms with van der Waals surface area (Å²) in [5, 5.41) is 7.86. The monoisotopic (exact) mass is 422 g/mol. The predicted molar refractivity (Wildman–Crippen MR) is 119 cm³/mol. The first kappa shape index (κ1) is 19.0. The molecule has 1 saturated carbocycles. The second kappa shape index (κ2) is 8.02. The quantitative estimate of drug-likeness (QED) is 0.425. The third kappa shape index (κ3) is 3.87. The van der Waals surface area contributed by atoms with E-state index in [1.807, 2.05) is 29.8 Å². The van der Waals surface area contributed by atoms with Gasteiger partial charge in [-0.2, -0.15) is 9.36 Å². The smallest absolute Gasteiger partial charge is 0.230 e. The van der Waals surface area contributed by atoms with Crippen LogP contribution in [0.5, 0.6) is 0 Å². The highest BCUT2D eigenvalue weighted by Crippen LogP contribution is 2.30. The summed E-state index contributed by atoms with van der Waals surface area (Å²) in [4.78, 5) is 9.55. The van der Waals surface area contributed by atoms with E-state index in [9.17, 15) is 4.39 Å². The number of benzene rings is 1. The Balaban J connectivity index is 1.58. The van der Waals surface area contributed by atoms with Crippen molar-refractivity contribution in [3.8, 4) is 5.69 Å². The maximum Gasteiger partial charge on any atom is 0.230 e. The van der Waals surface area contributed by atoms with E-state index in [1.54, 1.807) is 12.1 Å². The molecule has 0 unspecified atom stereocenters. The van der Waals surface area contributed by atoms with Crippen molar-refractivity contribution in [1.82, 2.24) is 18.9 Å². The van der Waals surface area contributed by atoms with Gasteiger partial charge in [0.15, 0.2) is 5.82 Å². The van der Waals surface area contributed by atoms with Gasteiger partial charge in [-0.15, -0.1) is 0 Å². The predicted octanol–water partition coefficient (Wildman–Crippen LogP) is 5.81. The minimum atomic E-state index is -0.252. The molecular formula is C22H23FN6S. The molecule has 0 amide bonds. The molecule has 8 heteroatoms. The first-order valence-electron chi connectivity index (χ1n) is 10.3. The molecule has 1 aromatic carbocycles. The van der Waals surface area contributed by atoms with Gasteiger partial charge in [0.2, 0.25) is 5.95 Å². The van der Waals surface area contributed by atoms with Gasteiger partial charge in [0, 0.05) is 17.9 Å². The highest BCUT2D eigenvalue weighted by molar-refractivity contribution is 7.10. The average molecular weight is 423 g/mol. The van der Waals surface area contributed by atoms with Crippen molar-refractivity contribution in [2.24, 2.45) is 0 Å². The number of halogens is 1. The van der Waals surface area contributed by atoms with Gasteiger partial charge in [0.1, 0.15) is 16.3 Å². The van der Waals surface area contributed by atoms with E-state index >= 15 is 0 Å². The molecule has 1 aliphatic rings. The molecule has 4 aromatic rings. The third-order valence-corrected chi connectivity index (χ3v) is 6.24. The normalized spacial score (nSPS) is 14.9. The van der Waals surface area contributed by atoms with Crippen LogP contribution in [-0.2, 0) is 0 Å². The molecule has 3 heterocycles. The van der Waals surface area contributed by atoms with Crippen LogP contribution >= 0.6 is 11.5 Å². The summed E-state index contributed by atoms with van der Waals surface area (Å²) in [7, 11) is 0. The number of rotatable bonds is 5. The van der Waals surface area contributed by atoms with E-state index in [1.165, 1.54) is 42.9 Å². The SMILES string of the molecule is Cc1cc(Nc2nc(NC3CCCCC3)c3c(ccn3-c3ccc(F)cc3)n2)sn1. The molecule has 30 heavy (non-hydrogen) atoms. The van der Waals surface area contributed by atoms with Crippen LogP contribution in [0.1, 0.15) is 37.8 Å². The molecule has 0 radical (unpaired) electrons. The number of hydrogen-bond acceptors (Lipinski definition) is 6. The summed E-state index contributed by atoms with van der Waals surface area (Å²) in [5.41, 5.74) is 3.57. The summed E-state index contributed by atoms with van der Waals surface area (Å²) < 4.78 is 19.8. The number of nitrogens with zero attached hydrogens (tertiary/aromatic N) is 4. The lowest BCUT2D eigenvalue weighted by atomic mass is 9.95. The van der Waals surface area contributed by atoms with Gasteiger partial charge in [0.25, 0.3) is 0 Å². The Hall–Kier alpha value is -3.00. The zero-order valence-corrected chi connectivity index (χ0v) is 17.5. The minimum absolute atomic E-state index is 0.252. The van der Waals surface area contributed by atoms with Crippen LogP contribution in [0.2, 0.25) is 0 Å². The fourth-order valence-electron chi connectivity index (χ4n) is 3.99. The van der Waals surface area contributed by atoms with Crippen molar-refractivity contribution in [3.05, 3.63) is 54.1 Å². The maximum atomic E-state index is 13.4. The number of hydrogen-bond donors (Lipinski definition) is 2. The standard InChI is InChI=1S/C22H23FN6S/c1-14-13-19(30-28-14)26-22-25-18-11-12-29(17-9-7-15(23)8-10-17)20(18)21(27-22)24-16-5-3-2-4-6-16/h7-13,16H,2-6H2,1H3,(H2,24,25,26,27). The Morgan fingerprint density at radius 2 is 1.87 bits per heavy atom. The molecule has 0 atom stereocenters. The summed E-state index contributed by atoms with van der Waals surface area (Å²) in [6.45, 7) is 1.96. The average Bonchev–Trinajstić information content (AvgIpc) is 3.36. The van der Waals surface area contributed by atoms with Crippen LogP contribution < -0.4 is 10.6 Å². The lowest BCUT2D eigenvalue weighted by Crippen LogP contribution is -2.23. The van der Waals surface area contributed by atoms with E-state index in [0.29, 0.717) is 12.0 Å². The number of aryl methyl sites for hydroxylation is 1. The van der Waals surface area contributed by atoms with Crippen LogP contribution in [0, 0.1) is 12.7 Å². The molecule has 0 bridgehead atoms. The molecule has 2 N–H and O–H groups in total. The Morgan fingerprint density at radius 3 is 2.60 bits per heavy atom. The summed E-state index contributed by atoms with van der Waals surface area (Å²) in [6, 6.07) is 10.8. The molecule has 1 aliphatic carbocycles. The van der Waals surface area contributed by atoms with Gasteiger partial charge in [0.05, 0.1) is 11.2 Å². The fourth-order valence-corrected chi connectivity index (χ4v) is 4.65. The molecule has 5 rings (SSSR count). The maximum absolute atomic E-state index is 13.4. The molecule has 154 valence electrons. The van der Waals surface area contributed by atoms with Gasteiger partial charge in [-0.1, -0.05) is 19.3 Å². The molecule has 0 saturated heterocycles. The zero-order valence-electron chi connectivity index (χ0n) is 16.7. The first-order valence-corrected chi connectivity index (χ1v) is 11.0. The Morgan fingerprint density at radius 1 is 1.07 bits per heavy atom. The van der Waals surface area contributed by atoms with E-state index in [2.05, 4.69) is 15.0 Å². The van der Waals surface area contributed by atoms with Crippen molar-refractivity contribution in [2.45, 2.75) is 45.1 Å². The van der Waals surface area contributed by atoms with E-state index < -0.39 is 0 Å². The molecule has 3 aromatic heterocycles. The van der Waals surface area contributed by atoms with Crippen LogP contribution in [0.3, 0.4) is 0 Å². The van der Waals surface area contributed by atoms with E-state index in [4.69, 9.17) is 9.97 Å². The van der Waals surface area contributed by atoms with Gasteiger partial charge >= 0.3 is 0 Å². The Labute approximate surface area is 178 Å². The largest absolute Gasteiger partial charge is 0.365 e. The van der Waals surface area contributed by atoms with Crippen molar-refractivity contribution >= 4 is 39.3 Å². The molecule has 0 spiro atoms. The van der Waals surface area contributed by atoms with Crippen LogP contribution in [0.4, 0.5) is 21.2 Å². The van der Waals surface area contributed by atoms with E-state index in [-0.39, 0.29) is 5.82 Å². The summed E-state index contributed by atoms with van der Waals surface area (Å²) >= 11 is 1.39. The fraction of sp³-hybridized carbons (Fsp3) is 0.318. The van der Waals surface area contributed by atoms with Gasteiger partial charge in [-0.25, -0.2) is 9.37 Å². The zero-order chi connectivity index (χ0) is 20.5. The van der Waals surface area contributed by atoms with Gasteiger partial charge in [-0.3, -0.25) is 0 Å². The van der Waals surface area contributed by atoms with Crippen molar-refractivity contribution in [1.29, 1.82) is 0 Å². The molecule has 0 aliphatic heterocycles. The van der Waals surface area contributed by atoms with E-state index in [0.717, 1.165) is 46.1 Å². The topological polar surface area (TPSA) is 67.7 Å². The second-order valence-electron chi connectivity index (χ2n) is 7.73. The number of aromatic nitrogens is 4. The summed E-state index contributed by atoms with van der Waals surface area (Å²) in [6.07, 6.45) is 7.99. The van der Waals surface area contributed by atoms with Crippen LogP contribution in [-0.4, -0.2) is 25.0 Å². The van der Waals surface area contributed by atoms with Gasteiger partial charge < -0.3 is 15.2 Å². The third-order valence-electron chi connectivity index (χ3n) is 5.45.